The molecule has 192 valence electrons. The first-order chi connectivity index (χ1) is 20.4. The molecule has 0 radical (unpaired) electrons. The van der Waals surface area contributed by atoms with Crippen molar-refractivity contribution in [2.75, 3.05) is 4.90 Å². The first-order valence-corrected chi connectivity index (χ1v) is 14.0. The maximum Gasteiger partial charge on any atom is 0.151 e. The van der Waals surface area contributed by atoms with E-state index >= 15 is 0 Å². The molecule has 0 saturated carbocycles. The minimum atomic E-state index is 0.850. The zero-order valence-electron chi connectivity index (χ0n) is 22.2. The Balaban J connectivity index is 1.34. The van der Waals surface area contributed by atoms with Crippen LogP contribution in [0.4, 0.5) is 17.1 Å². The molecular weight excluding hydrogens is 500 g/mol. The maximum absolute atomic E-state index is 6.33. The zero-order valence-corrected chi connectivity index (χ0v) is 22.2. The average molecular weight is 525 g/mol. The van der Waals surface area contributed by atoms with Gasteiger partial charge in [-0.25, -0.2) is 0 Å². The molecule has 0 unspecified atom stereocenters. The number of hydrogen-bond acceptors (Lipinski definition) is 2. The van der Waals surface area contributed by atoms with Gasteiger partial charge in [-0.2, -0.15) is 0 Å². The summed E-state index contributed by atoms with van der Waals surface area (Å²) in [6, 6.07) is 51.8. The number of hydrogen-bond donors (Lipinski definition) is 0. The van der Waals surface area contributed by atoms with Gasteiger partial charge in [-0.3, -0.25) is 0 Å². The Labute approximate surface area is 237 Å². The lowest BCUT2D eigenvalue weighted by molar-refractivity contribution is 0.477. The van der Waals surface area contributed by atoms with Crippen molar-refractivity contribution in [2.24, 2.45) is 0 Å². The van der Waals surface area contributed by atoms with Gasteiger partial charge in [0.1, 0.15) is 0 Å². The molecule has 0 spiro atoms. The predicted octanol–water partition coefficient (Wildman–Crippen LogP) is 10.6. The summed E-state index contributed by atoms with van der Waals surface area (Å²) >= 11 is 0. The second-order valence-electron chi connectivity index (χ2n) is 10.6. The maximum atomic E-state index is 6.33. The molecule has 1 aromatic heterocycles. The van der Waals surface area contributed by atoms with Gasteiger partial charge in [-0.1, -0.05) is 97.1 Å². The molecule has 41 heavy (non-hydrogen) atoms. The Bertz CT molecular complexity index is 2150. The fraction of sp³-hybridized carbons (Fsp3) is 0. The van der Waals surface area contributed by atoms with E-state index in [1.54, 1.807) is 0 Å². The van der Waals surface area contributed by atoms with Crippen molar-refractivity contribution >= 4 is 49.6 Å². The third-order valence-corrected chi connectivity index (χ3v) is 8.34. The smallest absolute Gasteiger partial charge is 0.151 e. The highest BCUT2D eigenvalue weighted by atomic mass is 16.5. The Morgan fingerprint density at radius 1 is 0.366 bits per heavy atom. The van der Waals surface area contributed by atoms with Crippen molar-refractivity contribution in [2.45, 2.75) is 0 Å². The van der Waals surface area contributed by atoms with E-state index in [4.69, 9.17) is 4.74 Å². The summed E-state index contributed by atoms with van der Waals surface area (Å²) in [5.74, 6) is 1.70. The van der Waals surface area contributed by atoms with E-state index in [1.165, 1.54) is 38.1 Å². The Morgan fingerprint density at radius 2 is 0.829 bits per heavy atom. The van der Waals surface area contributed by atoms with E-state index in [0.29, 0.717) is 0 Å². The highest BCUT2D eigenvalue weighted by Gasteiger charge is 2.28. The second-order valence-corrected chi connectivity index (χ2v) is 10.6. The molecule has 0 aliphatic carbocycles. The SMILES string of the molecule is c1ccc2c(c1)Oc1ccccc1N2c1ccccc1-c1ccccc1-n1c2cccc3ccc4cccc1c4c32. The molecule has 0 bridgehead atoms. The van der Waals surface area contributed by atoms with Crippen LogP contribution in [0, 0.1) is 0 Å². The zero-order chi connectivity index (χ0) is 26.9. The Hall–Kier alpha value is -5.54. The van der Waals surface area contributed by atoms with Gasteiger partial charge >= 0.3 is 0 Å². The minimum absolute atomic E-state index is 0.850. The minimum Gasteiger partial charge on any atom is -0.453 e. The molecule has 7 aromatic carbocycles. The quantitative estimate of drug-likeness (QED) is 0.214. The van der Waals surface area contributed by atoms with Crippen LogP contribution in [-0.2, 0) is 0 Å². The van der Waals surface area contributed by atoms with Crippen molar-refractivity contribution in [1.29, 1.82) is 0 Å². The number of aromatic nitrogens is 1. The molecule has 1 aliphatic heterocycles. The number of para-hydroxylation sites is 6. The van der Waals surface area contributed by atoms with Gasteiger partial charge in [0.05, 0.1) is 33.8 Å². The molecule has 3 nitrogen and oxygen atoms in total. The van der Waals surface area contributed by atoms with Crippen molar-refractivity contribution < 1.29 is 4.74 Å². The fourth-order valence-electron chi connectivity index (χ4n) is 6.64. The van der Waals surface area contributed by atoms with Gasteiger partial charge in [0.2, 0.25) is 0 Å². The number of anilines is 3. The second kappa shape index (κ2) is 8.48. The lowest BCUT2D eigenvalue weighted by Gasteiger charge is -2.34. The molecule has 1 aliphatic rings. The van der Waals surface area contributed by atoms with Gasteiger partial charge in [0, 0.05) is 21.9 Å². The van der Waals surface area contributed by atoms with E-state index in [1.807, 2.05) is 24.3 Å². The molecule has 2 heterocycles. The Kier molecular flexibility index (Phi) is 4.61. The van der Waals surface area contributed by atoms with E-state index < -0.39 is 0 Å². The summed E-state index contributed by atoms with van der Waals surface area (Å²) in [5, 5.41) is 5.17. The average Bonchev–Trinajstić information content (AvgIpc) is 3.38. The molecular formula is C38H24N2O. The molecule has 3 heteroatoms. The molecule has 0 atom stereocenters. The first-order valence-electron chi connectivity index (χ1n) is 14.0. The van der Waals surface area contributed by atoms with Crippen LogP contribution < -0.4 is 9.64 Å². The van der Waals surface area contributed by atoms with Crippen LogP contribution in [0.15, 0.2) is 146 Å². The van der Waals surface area contributed by atoms with Crippen LogP contribution >= 0.6 is 0 Å². The van der Waals surface area contributed by atoms with Crippen LogP contribution in [0.3, 0.4) is 0 Å². The summed E-state index contributed by atoms with van der Waals surface area (Å²) in [7, 11) is 0. The summed E-state index contributed by atoms with van der Waals surface area (Å²) in [6.07, 6.45) is 0. The van der Waals surface area contributed by atoms with Crippen LogP contribution in [0.5, 0.6) is 11.5 Å². The van der Waals surface area contributed by atoms with Gasteiger partial charge in [-0.05, 0) is 59.3 Å². The van der Waals surface area contributed by atoms with Crippen molar-refractivity contribution in [1.82, 2.24) is 4.57 Å². The van der Waals surface area contributed by atoms with Crippen LogP contribution in [0.1, 0.15) is 0 Å². The summed E-state index contributed by atoms with van der Waals surface area (Å²) < 4.78 is 8.77. The normalized spacial score (nSPS) is 12.5. The van der Waals surface area contributed by atoms with Gasteiger partial charge in [0.15, 0.2) is 11.5 Å². The highest BCUT2D eigenvalue weighted by Crippen LogP contribution is 2.52. The summed E-state index contributed by atoms with van der Waals surface area (Å²) in [4.78, 5) is 2.33. The van der Waals surface area contributed by atoms with Crippen LogP contribution in [0.25, 0.3) is 49.4 Å². The molecule has 8 aromatic rings. The summed E-state index contributed by atoms with van der Waals surface area (Å²) in [6.45, 7) is 0. The van der Waals surface area contributed by atoms with Crippen LogP contribution in [-0.4, -0.2) is 4.57 Å². The first kappa shape index (κ1) is 22.3. The fourth-order valence-corrected chi connectivity index (χ4v) is 6.64. The lowest BCUT2D eigenvalue weighted by atomic mass is 9.99. The van der Waals surface area contributed by atoms with Gasteiger partial charge in [-0.15, -0.1) is 0 Å². The molecule has 0 N–H and O–H groups in total. The summed E-state index contributed by atoms with van der Waals surface area (Å²) in [5.41, 5.74) is 9.10. The van der Waals surface area contributed by atoms with Gasteiger partial charge < -0.3 is 14.2 Å². The lowest BCUT2D eigenvalue weighted by Crippen LogP contribution is -2.16. The number of ether oxygens (including phenoxy) is 1. The van der Waals surface area contributed by atoms with E-state index in [0.717, 1.165) is 39.8 Å². The number of nitrogens with zero attached hydrogens (tertiary/aromatic N) is 2. The van der Waals surface area contributed by atoms with Crippen molar-refractivity contribution in [3.8, 4) is 28.3 Å². The third kappa shape index (κ3) is 3.14. The van der Waals surface area contributed by atoms with Crippen molar-refractivity contribution in [3.63, 3.8) is 0 Å². The van der Waals surface area contributed by atoms with Crippen LogP contribution in [0.2, 0.25) is 0 Å². The third-order valence-electron chi connectivity index (χ3n) is 8.34. The van der Waals surface area contributed by atoms with Crippen molar-refractivity contribution in [3.05, 3.63) is 146 Å². The van der Waals surface area contributed by atoms with E-state index in [2.05, 4.69) is 131 Å². The van der Waals surface area contributed by atoms with Gasteiger partial charge in [0.25, 0.3) is 0 Å². The molecule has 0 fully saturated rings. The van der Waals surface area contributed by atoms with E-state index in [-0.39, 0.29) is 0 Å². The molecule has 9 rings (SSSR count). The monoisotopic (exact) mass is 524 g/mol. The molecule has 0 amide bonds. The largest absolute Gasteiger partial charge is 0.453 e. The topological polar surface area (TPSA) is 17.4 Å². The molecule has 0 saturated heterocycles. The standard InChI is InChI=1S/C38H24N2O/c1-3-15-29(39-31-17-5-7-21-35(31)41-36-22-8-6-18-32(36)39)27(13-1)28-14-2-4-16-30(28)40-33-19-9-11-25-23-24-26-12-10-20-34(40)38(26)37(25)33/h1-24H. The Morgan fingerprint density at radius 3 is 1.41 bits per heavy atom. The number of benzene rings is 7. The predicted molar refractivity (Wildman–Crippen MR) is 170 cm³/mol. The van der Waals surface area contributed by atoms with E-state index in [9.17, 15) is 0 Å². The number of fused-ring (bicyclic) bond motifs is 2. The number of rotatable bonds is 3. The highest BCUT2D eigenvalue weighted by molar-refractivity contribution is 6.24.